The fourth-order valence-electron chi connectivity index (χ4n) is 2.43. The van der Waals surface area contributed by atoms with Gasteiger partial charge in [-0.2, -0.15) is 0 Å². The zero-order chi connectivity index (χ0) is 18.4. The van der Waals surface area contributed by atoms with Gasteiger partial charge in [-0.15, -0.1) is 0 Å². The van der Waals surface area contributed by atoms with Gasteiger partial charge in [-0.3, -0.25) is 0 Å². The highest BCUT2D eigenvalue weighted by atomic mass is 16.7. The summed E-state index contributed by atoms with van der Waals surface area (Å²) in [5, 5.41) is 12.3. The van der Waals surface area contributed by atoms with Crippen molar-refractivity contribution in [2.75, 3.05) is 6.61 Å². The summed E-state index contributed by atoms with van der Waals surface area (Å²) in [4.78, 5) is 12.2. The lowest BCUT2D eigenvalue weighted by Gasteiger charge is -2.28. The maximum absolute atomic E-state index is 12.2. The highest BCUT2D eigenvalue weighted by Gasteiger charge is 2.44. The SMILES string of the molecule is CCCCCC(NC(=O)OC(C)(C)CCOC(C)(C)C)C1OC1O. The van der Waals surface area contributed by atoms with E-state index in [1.807, 2.05) is 34.6 Å². The first-order chi connectivity index (χ1) is 11.0. The molecule has 0 aliphatic carbocycles. The predicted molar refractivity (Wildman–Crippen MR) is 92.8 cm³/mol. The maximum atomic E-state index is 12.2. The number of aliphatic hydroxyl groups excluding tert-OH is 1. The normalized spacial score (nSPS) is 22.1. The van der Waals surface area contributed by atoms with E-state index >= 15 is 0 Å². The molecule has 3 atom stereocenters. The molecule has 0 bridgehead atoms. The predicted octanol–water partition coefficient (Wildman–Crippen LogP) is 3.36. The first-order valence-corrected chi connectivity index (χ1v) is 9.01. The van der Waals surface area contributed by atoms with Crippen molar-refractivity contribution in [2.45, 2.75) is 103 Å². The van der Waals surface area contributed by atoms with Gasteiger partial charge in [-0.25, -0.2) is 4.79 Å². The lowest BCUT2D eigenvalue weighted by atomic mass is 10.1. The number of alkyl carbamates (subject to hydrolysis) is 1. The van der Waals surface area contributed by atoms with Crippen LogP contribution in [-0.2, 0) is 14.2 Å². The van der Waals surface area contributed by atoms with Crippen molar-refractivity contribution in [1.82, 2.24) is 5.32 Å². The summed E-state index contributed by atoms with van der Waals surface area (Å²) in [5.74, 6) is 0. The Bertz CT molecular complexity index is 391. The zero-order valence-corrected chi connectivity index (χ0v) is 16.1. The van der Waals surface area contributed by atoms with E-state index in [-0.39, 0.29) is 17.7 Å². The van der Waals surface area contributed by atoms with Gasteiger partial charge < -0.3 is 24.6 Å². The van der Waals surface area contributed by atoms with Crippen LogP contribution in [0.5, 0.6) is 0 Å². The number of hydrogen-bond donors (Lipinski definition) is 2. The van der Waals surface area contributed by atoms with E-state index in [0.717, 1.165) is 25.7 Å². The number of unbranched alkanes of at least 4 members (excludes halogenated alkanes) is 2. The average Bonchev–Trinajstić information content (AvgIpc) is 3.12. The fraction of sp³-hybridized carbons (Fsp3) is 0.944. The smallest absolute Gasteiger partial charge is 0.407 e. The fourth-order valence-corrected chi connectivity index (χ4v) is 2.43. The molecule has 0 aromatic rings. The van der Waals surface area contributed by atoms with Crippen molar-refractivity contribution in [3.05, 3.63) is 0 Å². The first-order valence-electron chi connectivity index (χ1n) is 9.01. The van der Waals surface area contributed by atoms with E-state index in [0.29, 0.717) is 13.0 Å². The summed E-state index contributed by atoms with van der Waals surface area (Å²) in [6, 6.07) is -0.208. The first kappa shape index (κ1) is 21.2. The van der Waals surface area contributed by atoms with Crippen LogP contribution in [0.2, 0.25) is 0 Å². The molecule has 1 saturated heterocycles. The van der Waals surface area contributed by atoms with Crippen LogP contribution in [0.25, 0.3) is 0 Å². The molecule has 0 radical (unpaired) electrons. The maximum Gasteiger partial charge on any atom is 0.407 e. The van der Waals surface area contributed by atoms with Gasteiger partial charge in [-0.1, -0.05) is 26.2 Å². The molecule has 3 unspecified atom stereocenters. The number of aliphatic hydroxyl groups is 1. The average molecular weight is 345 g/mol. The van der Waals surface area contributed by atoms with Crippen molar-refractivity contribution >= 4 is 6.09 Å². The highest BCUT2D eigenvalue weighted by molar-refractivity contribution is 5.68. The van der Waals surface area contributed by atoms with E-state index in [4.69, 9.17) is 14.2 Å². The van der Waals surface area contributed by atoms with Crippen LogP contribution in [0, 0.1) is 0 Å². The molecule has 0 saturated carbocycles. The molecule has 0 aromatic heterocycles. The molecule has 6 heteroatoms. The number of rotatable bonds is 10. The third kappa shape index (κ3) is 8.85. The molecule has 1 fully saturated rings. The molecule has 142 valence electrons. The Morgan fingerprint density at radius 2 is 1.88 bits per heavy atom. The molecule has 0 aromatic carbocycles. The minimum absolute atomic E-state index is 0.206. The van der Waals surface area contributed by atoms with Crippen LogP contribution in [0.4, 0.5) is 4.79 Å². The van der Waals surface area contributed by atoms with Gasteiger partial charge in [0, 0.05) is 6.42 Å². The van der Waals surface area contributed by atoms with Crippen LogP contribution in [0.1, 0.15) is 73.6 Å². The molecule has 1 rings (SSSR count). The monoisotopic (exact) mass is 345 g/mol. The van der Waals surface area contributed by atoms with E-state index in [2.05, 4.69) is 12.2 Å². The minimum Gasteiger partial charge on any atom is -0.443 e. The summed E-state index contributed by atoms with van der Waals surface area (Å²) in [6.45, 7) is 12.4. The molecule has 2 N–H and O–H groups in total. The Morgan fingerprint density at radius 3 is 2.38 bits per heavy atom. The van der Waals surface area contributed by atoms with Gasteiger partial charge >= 0.3 is 6.09 Å². The lowest BCUT2D eigenvalue weighted by Crippen LogP contribution is -2.43. The summed E-state index contributed by atoms with van der Waals surface area (Å²) < 4.78 is 16.3. The molecule has 1 aliphatic heterocycles. The summed E-state index contributed by atoms with van der Waals surface area (Å²) >= 11 is 0. The third-order valence-corrected chi connectivity index (χ3v) is 3.93. The summed E-state index contributed by atoms with van der Waals surface area (Å²) in [5.41, 5.74) is -0.825. The molecule has 0 spiro atoms. The van der Waals surface area contributed by atoms with Crippen molar-refractivity contribution in [1.29, 1.82) is 0 Å². The van der Waals surface area contributed by atoms with E-state index in [1.54, 1.807) is 0 Å². The largest absolute Gasteiger partial charge is 0.443 e. The number of carbonyl (C=O) groups is 1. The molecule has 1 heterocycles. The summed E-state index contributed by atoms with van der Waals surface area (Å²) in [7, 11) is 0. The number of hydrogen-bond acceptors (Lipinski definition) is 5. The Morgan fingerprint density at radius 1 is 1.25 bits per heavy atom. The van der Waals surface area contributed by atoms with Crippen LogP contribution < -0.4 is 5.32 Å². The quantitative estimate of drug-likeness (QED) is 0.469. The molecule has 6 nitrogen and oxygen atoms in total. The van der Waals surface area contributed by atoms with E-state index in [1.165, 1.54) is 0 Å². The topological polar surface area (TPSA) is 80.3 Å². The lowest BCUT2D eigenvalue weighted by molar-refractivity contribution is -0.0407. The van der Waals surface area contributed by atoms with Crippen molar-refractivity contribution in [3.63, 3.8) is 0 Å². The number of amides is 1. The third-order valence-electron chi connectivity index (χ3n) is 3.93. The van der Waals surface area contributed by atoms with Crippen LogP contribution >= 0.6 is 0 Å². The number of carbonyl (C=O) groups excluding carboxylic acids is 1. The van der Waals surface area contributed by atoms with Gasteiger partial charge in [0.1, 0.15) is 11.7 Å². The minimum atomic E-state index is -0.773. The van der Waals surface area contributed by atoms with Gasteiger partial charge in [-0.05, 0) is 41.0 Å². The molecule has 24 heavy (non-hydrogen) atoms. The zero-order valence-electron chi connectivity index (χ0n) is 16.1. The molecule has 1 aliphatic rings. The van der Waals surface area contributed by atoms with Crippen LogP contribution in [-0.4, -0.2) is 47.4 Å². The number of ether oxygens (including phenoxy) is 3. The van der Waals surface area contributed by atoms with Crippen molar-refractivity contribution in [2.24, 2.45) is 0 Å². The van der Waals surface area contributed by atoms with Crippen molar-refractivity contribution in [3.8, 4) is 0 Å². The second kappa shape index (κ2) is 9.02. The van der Waals surface area contributed by atoms with Gasteiger partial charge in [0.05, 0.1) is 18.2 Å². The highest BCUT2D eigenvalue weighted by Crippen LogP contribution is 2.26. The Hall–Kier alpha value is -0.850. The molecule has 1 amide bonds. The van der Waals surface area contributed by atoms with Crippen molar-refractivity contribution < 1.29 is 24.1 Å². The molecular formula is C18H35NO5. The second-order valence-electron chi connectivity index (χ2n) is 8.10. The number of nitrogens with one attached hydrogen (secondary N) is 1. The van der Waals surface area contributed by atoms with Gasteiger partial charge in [0.15, 0.2) is 6.29 Å². The Balaban J connectivity index is 2.40. The van der Waals surface area contributed by atoms with Gasteiger partial charge in [0.2, 0.25) is 0 Å². The standard InChI is InChI=1S/C18H35NO5/c1-7-8-9-10-13(14-15(20)23-14)19-16(21)24-18(5,6)11-12-22-17(2,3)4/h13-15,20H,7-12H2,1-6H3,(H,19,21). The van der Waals surface area contributed by atoms with E-state index < -0.39 is 18.0 Å². The molecular weight excluding hydrogens is 310 g/mol. The summed E-state index contributed by atoms with van der Waals surface area (Å²) in [6.07, 6.45) is 3.00. The Kier molecular flexibility index (Phi) is 7.96. The second-order valence-corrected chi connectivity index (χ2v) is 8.10. The van der Waals surface area contributed by atoms with Gasteiger partial charge in [0.25, 0.3) is 0 Å². The van der Waals surface area contributed by atoms with Crippen LogP contribution in [0.3, 0.4) is 0 Å². The Labute approximate surface area is 146 Å². The number of epoxide rings is 1. The van der Waals surface area contributed by atoms with Crippen LogP contribution in [0.15, 0.2) is 0 Å². The van der Waals surface area contributed by atoms with E-state index in [9.17, 15) is 9.90 Å².